The van der Waals surface area contributed by atoms with Gasteiger partial charge in [-0.2, -0.15) is 0 Å². The van der Waals surface area contributed by atoms with Gasteiger partial charge < -0.3 is 10.6 Å². The minimum atomic E-state index is 0.0715. The Hall–Kier alpha value is -0.830. The Morgan fingerprint density at radius 2 is 1.44 bits per heavy atom. The van der Waals surface area contributed by atoms with Gasteiger partial charge in [-0.3, -0.25) is 4.99 Å². The van der Waals surface area contributed by atoms with Gasteiger partial charge >= 0.3 is 0 Å². The Kier molecular flexibility index (Phi) is 13.7. The van der Waals surface area contributed by atoms with Gasteiger partial charge in [0, 0.05) is 6.54 Å². The maximum absolute atomic E-state index is 5.96. The van der Waals surface area contributed by atoms with Crippen LogP contribution in [0.4, 0.5) is 0 Å². The number of nitrogens with two attached hydrogens (primary N) is 1. The first-order valence-corrected chi connectivity index (χ1v) is 11.0. The van der Waals surface area contributed by atoms with Gasteiger partial charge in [0.25, 0.3) is 0 Å². The average molecular weight is 350 g/mol. The summed E-state index contributed by atoms with van der Waals surface area (Å²) in [5.41, 5.74) is 5.96. The SMILES string of the molecule is CCCCCCCCCCCCCCCC=CC1=NCCN1C(C)N. The second-order valence-electron chi connectivity index (χ2n) is 7.61. The van der Waals surface area contributed by atoms with Crippen LogP contribution in [0, 0.1) is 0 Å². The number of unbranched alkanes of at least 4 members (excludes halogenated alkanes) is 13. The highest BCUT2D eigenvalue weighted by molar-refractivity contribution is 5.94. The van der Waals surface area contributed by atoms with E-state index >= 15 is 0 Å². The van der Waals surface area contributed by atoms with Crippen molar-refractivity contribution in [3.8, 4) is 0 Å². The number of hydrogen-bond acceptors (Lipinski definition) is 3. The van der Waals surface area contributed by atoms with Gasteiger partial charge in [0.15, 0.2) is 0 Å². The Morgan fingerprint density at radius 3 is 1.96 bits per heavy atom. The van der Waals surface area contributed by atoms with Crippen molar-refractivity contribution < 1.29 is 0 Å². The topological polar surface area (TPSA) is 41.6 Å². The summed E-state index contributed by atoms with van der Waals surface area (Å²) in [4.78, 5) is 6.70. The van der Waals surface area contributed by atoms with E-state index in [0.29, 0.717) is 0 Å². The lowest BCUT2D eigenvalue weighted by Gasteiger charge is -2.22. The zero-order chi connectivity index (χ0) is 18.2. The highest BCUT2D eigenvalue weighted by Crippen LogP contribution is 2.13. The molecule has 1 unspecified atom stereocenters. The molecule has 2 N–H and O–H groups in total. The number of rotatable bonds is 16. The molecular formula is C22H43N3. The summed E-state index contributed by atoms with van der Waals surface area (Å²) in [7, 11) is 0. The van der Waals surface area contributed by atoms with Gasteiger partial charge in [-0.15, -0.1) is 0 Å². The lowest BCUT2D eigenvalue weighted by molar-refractivity contribution is 0.367. The molecule has 1 aliphatic rings. The molecule has 0 saturated heterocycles. The molecule has 25 heavy (non-hydrogen) atoms. The molecule has 146 valence electrons. The summed E-state index contributed by atoms with van der Waals surface area (Å²) < 4.78 is 0. The minimum absolute atomic E-state index is 0.0715. The molecule has 0 aliphatic carbocycles. The standard InChI is InChI=1S/C22H43N3/c1-3-4-5-6-7-8-9-10-11-12-13-14-15-16-17-18-22-24-19-20-25(22)21(2)23/h17-18,21H,3-16,19-20,23H2,1-2H3. The maximum atomic E-state index is 5.96. The van der Waals surface area contributed by atoms with E-state index in [2.05, 4.69) is 29.0 Å². The fourth-order valence-electron chi connectivity index (χ4n) is 3.51. The quantitative estimate of drug-likeness (QED) is 0.345. The first-order valence-electron chi connectivity index (χ1n) is 11.0. The lowest BCUT2D eigenvalue weighted by Crippen LogP contribution is -2.41. The zero-order valence-electron chi connectivity index (χ0n) is 17.0. The molecular weight excluding hydrogens is 306 g/mol. The van der Waals surface area contributed by atoms with Crippen molar-refractivity contribution >= 4 is 5.84 Å². The highest BCUT2D eigenvalue weighted by atomic mass is 15.3. The molecule has 1 aliphatic heterocycles. The van der Waals surface area contributed by atoms with Crippen LogP contribution in [0.5, 0.6) is 0 Å². The molecule has 1 heterocycles. The predicted molar refractivity (Wildman–Crippen MR) is 112 cm³/mol. The molecule has 0 spiro atoms. The molecule has 0 saturated carbocycles. The number of hydrogen-bond donors (Lipinski definition) is 1. The van der Waals surface area contributed by atoms with Gasteiger partial charge in [-0.1, -0.05) is 90.0 Å². The van der Waals surface area contributed by atoms with E-state index in [-0.39, 0.29) is 6.17 Å². The molecule has 0 aromatic carbocycles. The van der Waals surface area contributed by atoms with Crippen molar-refractivity contribution in [1.82, 2.24) is 4.90 Å². The van der Waals surface area contributed by atoms with Crippen LogP contribution >= 0.6 is 0 Å². The first-order chi connectivity index (χ1) is 12.3. The van der Waals surface area contributed by atoms with Gasteiger partial charge in [-0.05, 0) is 25.8 Å². The predicted octanol–water partition coefficient (Wildman–Crippen LogP) is 6.04. The molecule has 1 atom stereocenters. The highest BCUT2D eigenvalue weighted by Gasteiger charge is 2.16. The van der Waals surface area contributed by atoms with Gasteiger partial charge in [-0.25, -0.2) is 0 Å². The normalized spacial score (nSPS) is 16.0. The second kappa shape index (κ2) is 15.4. The third-order valence-electron chi connectivity index (χ3n) is 5.14. The molecule has 3 nitrogen and oxygen atoms in total. The maximum Gasteiger partial charge on any atom is 0.124 e. The summed E-state index contributed by atoms with van der Waals surface area (Å²) >= 11 is 0. The number of amidine groups is 1. The van der Waals surface area contributed by atoms with E-state index in [1.807, 2.05) is 6.92 Å². The number of allylic oxidation sites excluding steroid dienone is 1. The zero-order valence-corrected chi connectivity index (χ0v) is 17.0. The van der Waals surface area contributed by atoms with Crippen molar-refractivity contribution in [3.05, 3.63) is 12.2 Å². The second-order valence-corrected chi connectivity index (χ2v) is 7.61. The summed E-state index contributed by atoms with van der Waals surface area (Å²) in [6.45, 7) is 6.17. The summed E-state index contributed by atoms with van der Waals surface area (Å²) in [6.07, 6.45) is 24.1. The van der Waals surface area contributed by atoms with E-state index in [1.54, 1.807) is 0 Å². The van der Waals surface area contributed by atoms with E-state index < -0.39 is 0 Å². The average Bonchev–Trinajstić information content (AvgIpc) is 3.07. The van der Waals surface area contributed by atoms with Gasteiger partial charge in [0.1, 0.15) is 5.84 Å². The molecule has 1 rings (SSSR count). The molecule has 0 radical (unpaired) electrons. The smallest absolute Gasteiger partial charge is 0.124 e. The summed E-state index contributed by atoms with van der Waals surface area (Å²) in [6, 6.07) is 0. The molecule has 0 amide bonds. The van der Waals surface area contributed by atoms with Crippen LogP contribution in [0.2, 0.25) is 0 Å². The van der Waals surface area contributed by atoms with E-state index in [9.17, 15) is 0 Å². The van der Waals surface area contributed by atoms with Crippen LogP contribution in [-0.2, 0) is 0 Å². The van der Waals surface area contributed by atoms with Crippen molar-refractivity contribution in [2.75, 3.05) is 13.1 Å². The molecule has 3 heteroatoms. The monoisotopic (exact) mass is 349 g/mol. The summed E-state index contributed by atoms with van der Waals surface area (Å²) in [5.74, 6) is 1.07. The van der Waals surface area contributed by atoms with Crippen molar-refractivity contribution in [2.45, 2.75) is 110 Å². The molecule has 0 aromatic heterocycles. The third kappa shape index (κ3) is 11.4. The van der Waals surface area contributed by atoms with E-state index in [1.165, 1.54) is 89.9 Å². The van der Waals surface area contributed by atoms with Gasteiger partial charge in [0.2, 0.25) is 0 Å². The number of aliphatic imine (C=N–C) groups is 1. The molecule has 0 bridgehead atoms. The van der Waals surface area contributed by atoms with Crippen LogP contribution in [0.25, 0.3) is 0 Å². The van der Waals surface area contributed by atoms with Crippen LogP contribution < -0.4 is 5.73 Å². The molecule has 0 fully saturated rings. The Balaban J connectivity index is 1.84. The van der Waals surface area contributed by atoms with Crippen LogP contribution in [0.15, 0.2) is 17.1 Å². The lowest BCUT2D eigenvalue weighted by atomic mass is 10.0. The third-order valence-corrected chi connectivity index (χ3v) is 5.14. The van der Waals surface area contributed by atoms with Crippen LogP contribution in [0.1, 0.15) is 104 Å². The van der Waals surface area contributed by atoms with Crippen LogP contribution in [-0.4, -0.2) is 30.0 Å². The van der Waals surface area contributed by atoms with E-state index in [4.69, 9.17) is 5.73 Å². The van der Waals surface area contributed by atoms with E-state index in [0.717, 1.165) is 18.9 Å². The largest absolute Gasteiger partial charge is 0.340 e. The first kappa shape index (κ1) is 22.2. The fourth-order valence-corrected chi connectivity index (χ4v) is 3.51. The van der Waals surface area contributed by atoms with Crippen molar-refractivity contribution in [3.63, 3.8) is 0 Å². The van der Waals surface area contributed by atoms with Crippen LogP contribution in [0.3, 0.4) is 0 Å². The summed E-state index contributed by atoms with van der Waals surface area (Å²) in [5, 5.41) is 0. The Bertz CT molecular complexity index is 360. The van der Waals surface area contributed by atoms with Crippen molar-refractivity contribution in [1.29, 1.82) is 0 Å². The Morgan fingerprint density at radius 1 is 0.920 bits per heavy atom. The van der Waals surface area contributed by atoms with Crippen molar-refractivity contribution in [2.24, 2.45) is 10.7 Å². The molecule has 0 aromatic rings. The fraction of sp³-hybridized carbons (Fsp3) is 0.864. The van der Waals surface area contributed by atoms with Gasteiger partial charge in [0.05, 0.1) is 12.7 Å². The Labute approximate surface area is 157 Å². The number of nitrogens with zero attached hydrogens (tertiary/aromatic N) is 2. The minimum Gasteiger partial charge on any atom is -0.340 e.